The van der Waals surface area contributed by atoms with Crippen molar-refractivity contribution in [2.24, 2.45) is 0 Å². The van der Waals surface area contributed by atoms with Gasteiger partial charge >= 0.3 is 0 Å². The van der Waals surface area contributed by atoms with E-state index in [9.17, 15) is 0 Å². The molecular formula is C10H11BrN2O. The second-order valence-electron chi connectivity index (χ2n) is 2.73. The smallest absolute Gasteiger partial charge is 0.140 e. The third kappa shape index (κ3) is 2.24. The zero-order valence-electron chi connectivity index (χ0n) is 8.12. The summed E-state index contributed by atoms with van der Waals surface area (Å²) in [5.41, 5.74) is 1.23. The molecule has 1 unspecified atom stereocenters. The largest absolute Gasteiger partial charge is 0.492 e. The molecule has 0 amide bonds. The van der Waals surface area contributed by atoms with Crippen molar-refractivity contribution < 1.29 is 4.74 Å². The standard InChI is InChI=1S/C10H11BrN2O/c1-3-14-9-4-5-13-10(7(2)11)8(9)6-12/h4-5,7H,3H2,1-2H3. The van der Waals surface area contributed by atoms with Crippen LogP contribution in [0, 0.1) is 11.3 Å². The highest BCUT2D eigenvalue weighted by Gasteiger charge is 2.13. The molecule has 0 aliphatic heterocycles. The monoisotopic (exact) mass is 254 g/mol. The van der Waals surface area contributed by atoms with Crippen LogP contribution in [-0.2, 0) is 0 Å². The van der Waals surface area contributed by atoms with Crippen molar-refractivity contribution in [3.05, 3.63) is 23.5 Å². The molecule has 0 aliphatic carbocycles. The number of nitriles is 1. The van der Waals surface area contributed by atoms with Gasteiger partial charge in [0.2, 0.25) is 0 Å². The van der Waals surface area contributed by atoms with Crippen molar-refractivity contribution in [1.82, 2.24) is 4.98 Å². The summed E-state index contributed by atoms with van der Waals surface area (Å²) in [6.07, 6.45) is 1.65. The minimum Gasteiger partial charge on any atom is -0.492 e. The van der Waals surface area contributed by atoms with Gasteiger partial charge in [-0.1, -0.05) is 15.9 Å². The molecule has 1 rings (SSSR count). The minimum atomic E-state index is 0.0533. The van der Waals surface area contributed by atoms with Gasteiger partial charge in [-0.05, 0) is 19.9 Å². The molecule has 1 atom stereocenters. The fourth-order valence-corrected chi connectivity index (χ4v) is 1.50. The van der Waals surface area contributed by atoms with Crippen LogP contribution in [0.15, 0.2) is 12.3 Å². The van der Waals surface area contributed by atoms with E-state index in [0.29, 0.717) is 17.9 Å². The fraction of sp³-hybridized carbons (Fsp3) is 0.400. The summed E-state index contributed by atoms with van der Waals surface area (Å²) in [5.74, 6) is 0.603. The van der Waals surface area contributed by atoms with Crippen LogP contribution in [0.1, 0.15) is 29.9 Å². The maximum Gasteiger partial charge on any atom is 0.140 e. The van der Waals surface area contributed by atoms with Gasteiger partial charge in [0.05, 0.1) is 17.1 Å². The van der Waals surface area contributed by atoms with E-state index in [-0.39, 0.29) is 4.83 Å². The van der Waals surface area contributed by atoms with Gasteiger partial charge in [-0.25, -0.2) is 0 Å². The first kappa shape index (κ1) is 11.0. The molecule has 0 saturated carbocycles. The molecule has 0 aliphatic rings. The van der Waals surface area contributed by atoms with Crippen molar-refractivity contribution in [1.29, 1.82) is 5.26 Å². The topological polar surface area (TPSA) is 45.9 Å². The van der Waals surface area contributed by atoms with Crippen LogP contribution in [0.3, 0.4) is 0 Å². The van der Waals surface area contributed by atoms with Crippen LogP contribution in [-0.4, -0.2) is 11.6 Å². The van der Waals surface area contributed by atoms with Gasteiger partial charge in [-0.15, -0.1) is 0 Å². The van der Waals surface area contributed by atoms with Crippen LogP contribution in [0.25, 0.3) is 0 Å². The van der Waals surface area contributed by atoms with Gasteiger partial charge in [0, 0.05) is 6.20 Å². The molecule has 1 aromatic rings. The van der Waals surface area contributed by atoms with E-state index in [1.807, 2.05) is 13.8 Å². The number of nitrogens with zero attached hydrogens (tertiary/aromatic N) is 2. The number of rotatable bonds is 3. The lowest BCUT2D eigenvalue weighted by molar-refractivity contribution is 0.338. The highest BCUT2D eigenvalue weighted by atomic mass is 79.9. The Morgan fingerprint density at radius 3 is 2.93 bits per heavy atom. The van der Waals surface area contributed by atoms with Gasteiger partial charge in [-0.3, -0.25) is 4.98 Å². The third-order valence-electron chi connectivity index (χ3n) is 1.73. The van der Waals surface area contributed by atoms with Crippen molar-refractivity contribution in [2.75, 3.05) is 6.61 Å². The summed E-state index contributed by atoms with van der Waals surface area (Å²) in [6, 6.07) is 3.82. The quantitative estimate of drug-likeness (QED) is 0.780. The SMILES string of the molecule is CCOc1ccnc(C(C)Br)c1C#N. The van der Waals surface area contributed by atoms with E-state index >= 15 is 0 Å². The average Bonchev–Trinajstić information content (AvgIpc) is 2.18. The predicted octanol–water partition coefficient (Wildman–Crippen LogP) is 2.81. The minimum absolute atomic E-state index is 0.0533. The van der Waals surface area contributed by atoms with Gasteiger partial charge in [0.15, 0.2) is 0 Å². The zero-order chi connectivity index (χ0) is 10.6. The molecule has 1 aromatic heterocycles. The molecule has 74 valence electrons. The number of aromatic nitrogens is 1. The molecular weight excluding hydrogens is 244 g/mol. The molecule has 0 fully saturated rings. The fourth-order valence-electron chi connectivity index (χ4n) is 1.15. The normalized spacial score (nSPS) is 11.9. The average molecular weight is 255 g/mol. The Bertz CT molecular complexity index is 358. The van der Waals surface area contributed by atoms with Crippen molar-refractivity contribution in [3.63, 3.8) is 0 Å². The lowest BCUT2D eigenvalue weighted by atomic mass is 10.1. The first-order chi connectivity index (χ1) is 6.70. The Labute approximate surface area is 91.8 Å². The molecule has 3 nitrogen and oxygen atoms in total. The maximum absolute atomic E-state index is 8.98. The number of alkyl halides is 1. The van der Waals surface area contributed by atoms with Crippen molar-refractivity contribution in [2.45, 2.75) is 18.7 Å². The molecule has 0 saturated heterocycles. The molecule has 0 bridgehead atoms. The van der Waals surface area contributed by atoms with Crippen LogP contribution in [0.2, 0.25) is 0 Å². The third-order valence-corrected chi connectivity index (χ3v) is 2.16. The summed E-state index contributed by atoms with van der Waals surface area (Å²) >= 11 is 3.39. The number of hydrogen-bond acceptors (Lipinski definition) is 3. The first-order valence-electron chi connectivity index (χ1n) is 4.36. The summed E-state index contributed by atoms with van der Waals surface area (Å²) < 4.78 is 5.34. The molecule has 0 N–H and O–H groups in total. The lowest BCUT2D eigenvalue weighted by Crippen LogP contribution is -2.00. The second kappa shape index (κ2) is 4.97. The number of ether oxygens (including phenoxy) is 1. The molecule has 4 heteroatoms. The predicted molar refractivity (Wildman–Crippen MR) is 57.5 cm³/mol. The highest BCUT2D eigenvalue weighted by molar-refractivity contribution is 9.09. The van der Waals surface area contributed by atoms with Crippen LogP contribution in [0.5, 0.6) is 5.75 Å². The molecule has 1 heterocycles. The van der Waals surface area contributed by atoms with Crippen molar-refractivity contribution in [3.8, 4) is 11.8 Å². The Morgan fingerprint density at radius 2 is 2.43 bits per heavy atom. The molecule has 0 radical (unpaired) electrons. The van der Waals surface area contributed by atoms with E-state index < -0.39 is 0 Å². The Balaban J connectivity index is 3.20. The van der Waals surface area contributed by atoms with E-state index in [1.54, 1.807) is 12.3 Å². The van der Waals surface area contributed by atoms with Gasteiger partial charge in [0.1, 0.15) is 17.4 Å². The van der Waals surface area contributed by atoms with Crippen molar-refractivity contribution >= 4 is 15.9 Å². The summed E-state index contributed by atoms with van der Waals surface area (Å²) in [4.78, 5) is 4.20. The summed E-state index contributed by atoms with van der Waals surface area (Å²) in [7, 11) is 0. The number of hydrogen-bond donors (Lipinski definition) is 0. The Hall–Kier alpha value is -1.08. The maximum atomic E-state index is 8.98. The lowest BCUT2D eigenvalue weighted by Gasteiger charge is -2.09. The second-order valence-corrected chi connectivity index (χ2v) is 4.10. The van der Waals surface area contributed by atoms with E-state index in [4.69, 9.17) is 10.00 Å². The Kier molecular flexibility index (Phi) is 3.90. The van der Waals surface area contributed by atoms with Crippen LogP contribution < -0.4 is 4.74 Å². The van der Waals surface area contributed by atoms with Gasteiger partial charge in [-0.2, -0.15) is 5.26 Å². The number of halogens is 1. The number of pyridine rings is 1. The van der Waals surface area contributed by atoms with E-state index in [1.165, 1.54) is 0 Å². The zero-order valence-corrected chi connectivity index (χ0v) is 9.71. The highest BCUT2D eigenvalue weighted by Crippen LogP contribution is 2.28. The summed E-state index contributed by atoms with van der Waals surface area (Å²) in [6.45, 7) is 4.37. The van der Waals surface area contributed by atoms with Gasteiger partial charge in [0.25, 0.3) is 0 Å². The molecule has 0 aromatic carbocycles. The molecule has 0 spiro atoms. The Morgan fingerprint density at radius 1 is 1.71 bits per heavy atom. The first-order valence-corrected chi connectivity index (χ1v) is 5.28. The van der Waals surface area contributed by atoms with Crippen LogP contribution in [0.4, 0.5) is 0 Å². The van der Waals surface area contributed by atoms with Gasteiger partial charge < -0.3 is 4.74 Å². The summed E-state index contributed by atoms with van der Waals surface area (Å²) in [5, 5.41) is 8.98. The van der Waals surface area contributed by atoms with E-state index in [2.05, 4.69) is 27.0 Å². The van der Waals surface area contributed by atoms with E-state index in [0.717, 1.165) is 5.69 Å². The van der Waals surface area contributed by atoms with Crippen LogP contribution >= 0.6 is 15.9 Å². The molecule has 14 heavy (non-hydrogen) atoms.